The summed E-state index contributed by atoms with van der Waals surface area (Å²) in [5.74, 6) is -0.0480. The molecular weight excluding hydrogens is 140 g/mol. The van der Waals surface area contributed by atoms with Gasteiger partial charge in [0.1, 0.15) is 0 Å². The molecule has 0 bridgehead atoms. The summed E-state index contributed by atoms with van der Waals surface area (Å²) in [5, 5.41) is 2.71. The van der Waals surface area contributed by atoms with Gasteiger partial charge in [-0.25, -0.2) is 0 Å². The van der Waals surface area contributed by atoms with Crippen LogP contribution in [0, 0.1) is 0 Å². The van der Waals surface area contributed by atoms with E-state index in [0.717, 1.165) is 6.42 Å². The topological polar surface area (TPSA) is 55.1 Å². The van der Waals surface area contributed by atoms with E-state index >= 15 is 0 Å². The Morgan fingerprint density at radius 2 is 2.36 bits per heavy atom. The molecule has 0 saturated carbocycles. The second-order valence-corrected chi connectivity index (χ2v) is 2.56. The Bertz CT molecular complexity index is 141. The molecule has 1 amide bonds. The highest BCUT2D eigenvalue weighted by Crippen LogP contribution is 1.82. The van der Waals surface area contributed by atoms with Crippen molar-refractivity contribution >= 4 is 5.91 Å². The molecule has 0 radical (unpaired) electrons. The molecule has 0 aromatic heterocycles. The molecule has 0 aromatic rings. The Morgan fingerprint density at radius 1 is 1.73 bits per heavy atom. The van der Waals surface area contributed by atoms with Crippen LogP contribution in [0.1, 0.15) is 20.3 Å². The zero-order valence-electron chi connectivity index (χ0n) is 7.13. The van der Waals surface area contributed by atoms with Crippen molar-refractivity contribution in [1.29, 1.82) is 0 Å². The lowest BCUT2D eigenvalue weighted by Gasteiger charge is -2.04. The summed E-state index contributed by atoms with van der Waals surface area (Å²) < 4.78 is 0. The van der Waals surface area contributed by atoms with Crippen molar-refractivity contribution < 1.29 is 4.79 Å². The Labute approximate surface area is 67.7 Å². The van der Waals surface area contributed by atoms with E-state index in [1.54, 1.807) is 6.08 Å². The molecule has 3 heteroatoms. The standard InChI is InChI=1S/C8H16N2O/c1-3-4-8(11)10-6-5-7(2)9/h3-4,7H,5-6,9H2,1-2H3,(H,10,11)/b4-3+. The van der Waals surface area contributed by atoms with Crippen LogP contribution in [0.15, 0.2) is 12.2 Å². The SMILES string of the molecule is C/C=C/C(=O)NCCC(C)N. The van der Waals surface area contributed by atoms with E-state index in [1.807, 2.05) is 13.8 Å². The number of nitrogens with two attached hydrogens (primary N) is 1. The number of rotatable bonds is 4. The van der Waals surface area contributed by atoms with Gasteiger partial charge < -0.3 is 11.1 Å². The summed E-state index contributed by atoms with van der Waals surface area (Å²) >= 11 is 0. The first-order chi connectivity index (χ1) is 5.16. The third-order valence-electron chi connectivity index (χ3n) is 1.22. The van der Waals surface area contributed by atoms with Crippen LogP contribution in [0.3, 0.4) is 0 Å². The van der Waals surface area contributed by atoms with Crippen LogP contribution in [-0.4, -0.2) is 18.5 Å². The van der Waals surface area contributed by atoms with Crippen molar-refractivity contribution in [3.8, 4) is 0 Å². The first-order valence-electron chi connectivity index (χ1n) is 3.83. The largest absolute Gasteiger partial charge is 0.353 e. The molecule has 3 N–H and O–H groups in total. The minimum absolute atomic E-state index is 0.0480. The van der Waals surface area contributed by atoms with Gasteiger partial charge in [-0.3, -0.25) is 4.79 Å². The maximum Gasteiger partial charge on any atom is 0.243 e. The number of hydrogen-bond acceptors (Lipinski definition) is 2. The molecule has 64 valence electrons. The second-order valence-electron chi connectivity index (χ2n) is 2.56. The molecule has 0 heterocycles. The molecule has 0 fully saturated rings. The van der Waals surface area contributed by atoms with Crippen LogP contribution >= 0.6 is 0 Å². The van der Waals surface area contributed by atoms with E-state index in [9.17, 15) is 4.79 Å². The van der Waals surface area contributed by atoms with Gasteiger partial charge in [0.2, 0.25) is 5.91 Å². The molecule has 1 unspecified atom stereocenters. The fourth-order valence-electron chi connectivity index (χ4n) is 0.633. The van der Waals surface area contributed by atoms with Crippen LogP contribution in [0.2, 0.25) is 0 Å². The molecule has 0 rings (SSSR count). The molecule has 0 aliphatic carbocycles. The zero-order chi connectivity index (χ0) is 8.69. The van der Waals surface area contributed by atoms with Gasteiger partial charge in [0.05, 0.1) is 0 Å². The van der Waals surface area contributed by atoms with Gasteiger partial charge in [0, 0.05) is 12.6 Å². The molecule has 1 atom stereocenters. The Balaban J connectivity index is 3.32. The first-order valence-corrected chi connectivity index (χ1v) is 3.83. The Hall–Kier alpha value is -0.830. The highest BCUT2D eigenvalue weighted by Gasteiger charge is 1.95. The van der Waals surface area contributed by atoms with E-state index in [-0.39, 0.29) is 11.9 Å². The van der Waals surface area contributed by atoms with E-state index < -0.39 is 0 Å². The minimum Gasteiger partial charge on any atom is -0.353 e. The predicted molar refractivity (Wildman–Crippen MR) is 46.1 cm³/mol. The van der Waals surface area contributed by atoms with Gasteiger partial charge in [0.15, 0.2) is 0 Å². The van der Waals surface area contributed by atoms with Gasteiger partial charge in [-0.15, -0.1) is 0 Å². The van der Waals surface area contributed by atoms with Gasteiger partial charge in [-0.1, -0.05) is 6.08 Å². The van der Waals surface area contributed by atoms with Crippen molar-refractivity contribution in [1.82, 2.24) is 5.32 Å². The Kier molecular flexibility index (Phi) is 5.47. The van der Waals surface area contributed by atoms with Gasteiger partial charge in [-0.2, -0.15) is 0 Å². The highest BCUT2D eigenvalue weighted by molar-refractivity contribution is 5.87. The summed E-state index contributed by atoms with van der Waals surface area (Å²) in [6.45, 7) is 4.38. The maximum atomic E-state index is 10.8. The van der Waals surface area contributed by atoms with Crippen molar-refractivity contribution in [2.75, 3.05) is 6.54 Å². The molecule has 0 spiro atoms. The van der Waals surface area contributed by atoms with Crippen molar-refractivity contribution in [3.05, 3.63) is 12.2 Å². The molecule has 0 aromatic carbocycles. The number of hydrogen-bond donors (Lipinski definition) is 2. The van der Waals surface area contributed by atoms with Crippen molar-refractivity contribution in [3.63, 3.8) is 0 Å². The van der Waals surface area contributed by atoms with Crippen molar-refractivity contribution in [2.45, 2.75) is 26.3 Å². The monoisotopic (exact) mass is 156 g/mol. The molecule has 11 heavy (non-hydrogen) atoms. The quantitative estimate of drug-likeness (QED) is 0.579. The van der Waals surface area contributed by atoms with E-state index in [2.05, 4.69) is 5.32 Å². The average Bonchev–Trinajstić information content (AvgIpc) is 1.87. The van der Waals surface area contributed by atoms with Crippen LogP contribution in [-0.2, 0) is 4.79 Å². The predicted octanol–water partition coefficient (Wildman–Crippen LogP) is 0.416. The normalized spacial score (nSPS) is 13.4. The molecule has 3 nitrogen and oxygen atoms in total. The van der Waals surface area contributed by atoms with E-state index in [4.69, 9.17) is 5.73 Å². The van der Waals surface area contributed by atoms with Crippen LogP contribution in [0.4, 0.5) is 0 Å². The molecule has 0 aliphatic rings. The van der Waals surface area contributed by atoms with Gasteiger partial charge in [0.25, 0.3) is 0 Å². The van der Waals surface area contributed by atoms with Crippen molar-refractivity contribution in [2.24, 2.45) is 5.73 Å². The summed E-state index contributed by atoms with van der Waals surface area (Å²) in [7, 11) is 0. The molecular formula is C8H16N2O. The fourth-order valence-corrected chi connectivity index (χ4v) is 0.633. The Morgan fingerprint density at radius 3 is 2.82 bits per heavy atom. The summed E-state index contributed by atoms with van der Waals surface area (Å²) in [4.78, 5) is 10.8. The number of carbonyl (C=O) groups excluding carboxylic acids is 1. The summed E-state index contributed by atoms with van der Waals surface area (Å²) in [6.07, 6.45) is 4.03. The summed E-state index contributed by atoms with van der Waals surface area (Å²) in [5.41, 5.74) is 5.48. The second kappa shape index (κ2) is 5.92. The number of amides is 1. The third-order valence-corrected chi connectivity index (χ3v) is 1.22. The fraction of sp³-hybridized carbons (Fsp3) is 0.625. The lowest BCUT2D eigenvalue weighted by atomic mass is 10.2. The number of carbonyl (C=O) groups is 1. The van der Waals surface area contributed by atoms with Crippen LogP contribution in [0.25, 0.3) is 0 Å². The lowest BCUT2D eigenvalue weighted by Crippen LogP contribution is -2.27. The molecule has 0 aliphatic heterocycles. The van der Waals surface area contributed by atoms with E-state index in [0.29, 0.717) is 6.54 Å². The molecule has 0 saturated heterocycles. The van der Waals surface area contributed by atoms with E-state index in [1.165, 1.54) is 6.08 Å². The number of nitrogens with one attached hydrogen (secondary N) is 1. The zero-order valence-corrected chi connectivity index (χ0v) is 7.13. The van der Waals surface area contributed by atoms with Crippen LogP contribution < -0.4 is 11.1 Å². The van der Waals surface area contributed by atoms with Gasteiger partial charge in [-0.05, 0) is 26.3 Å². The number of allylic oxidation sites excluding steroid dienone is 1. The minimum atomic E-state index is -0.0480. The first kappa shape index (κ1) is 10.2. The third kappa shape index (κ3) is 7.06. The maximum absolute atomic E-state index is 10.8. The van der Waals surface area contributed by atoms with Crippen LogP contribution in [0.5, 0.6) is 0 Å². The smallest absolute Gasteiger partial charge is 0.243 e. The van der Waals surface area contributed by atoms with Gasteiger partial charge >= 0.3 is 0 Å². The highest BCUT2D eigenvalue weighted by atomic mass is 16.1. The average molecular weight is 156 g/mol. The lowest BCUT2D eigenvalue weighted by molar-refractivity contribution is -0.116. The summed E-state index contributed by atoms with van der Waals surface area (Å²) in [6, 6.07) is 0.154.